The van der Waals surface area contributed by atoms with Gasteiger partial charge in [0.05, 0.1) is 13.2 Å². The molecule has 2 nitrogen and oxygen atoms in total. The molecule has 0 aliphatic heterocycles. The topological polar surface area (TPSA) is 18.5 Å². The molecule has 1 rings (SSSR count). The monoisotopic (exact) mass is 268 g/mol. The van der Waals surface area contributed by atoms with Crippen molar-refractivity contribution in [1.29, 1.82) is 0 Å². The molecule has 0 fully saturated rings. The van der Waals surface area contributed by atoms with Gasteiger partial charge < -0.3 is 9.05 Å². The molecule has 0 spiro atoms. The number of unbranched alkanes of at least 4 members (excludes halogenated alkanes) is 2. The fraction of sp³-hybridized carbons (Fsp3) is 0.600. The second kappa shape index (κ2) is 10.5. The summed E-state index contributed by atoms with van der Waals surface area (Å²) < 4.78 is 11.8. The molecular weight excluding hydrogens is 243 g/mol. The Morgan fingerprint density at radius 2 is 1.67 bits per heavy atom. The fourth-order valence-electron chi connectivity index (χ4n) is 1.49. The number of benzene rings is 1. The van der Waals surface area contributed by atoms with Gasteiger partial charge in [-0.25, -0.2) is 0 Å². The summed E-state index contributed by atoms with van der Waals surface area (Å²) in [5.74, 6) is 0. The molecule has 0 amide bonds. The molecule has 3 heteroatoms. The summed E-state index contributed by atoms with van der Waals surface area (Å²) in [5, 5.41) is 0. The molecule has 1 unspecified atom stereocenters. The van der Waals surface area contributed by atoms with Crippen LogP contribution in [0.1, 0.15) is 45.1 Å². The van der Waals surface area contributed by atoms with Crippen molar-refractivity contribution in [1.82, 2.24) is 0 Å². The van der Waals surface area contributed by atoms with E-state index in [-0.39, 0.29) is 0 Å². The summed E-state index contributed by atoms with van der Waals surface area (Å²) in [6.07, 6.45) is 5.74. The van der Waals surface area contributed by atoms with Crippen LogP contribution in [0.4, 0.5) is 0 Å². The Kier molecular flexibility index (Phi) is 9.11. The highest BCUT2D eigenvalue weighted by molar-refractivity contribution is 7.47. The van der Waals surface area contributed by atoms with Crippen LogP contribution in [-0.4, -0.2) is 12.8 Å². The summed E-state index contributed by atoms with van der Waals surface area (Å²) in [6.45, 7) is 5.89. The zero-order chi connectivity index (χ0) is 13.1. The lowest BCUT2D eigenvalue weighted by atomic mass is 10.2. The van der Waals surface area contributed by atoms with E-state index >= 15 is 0 Å². The Balaban J connectivity index is 2.30. The van der Waals surface area contributed by atoms with Crippen molar-refractivity contribution >= 4 is 8.38 Å². The van der Waals surface area contributed by atoms with E-state index in [4.69, 9.17) is 9.05 Å². The third-order valence-electron chi connectivity index (χ3n) is 2.65. The lowest BCUT2D eigenvalue weighted by molar-refractivity contribution is 0.239. The van der Waals surface area contributed by atoms with Gasteiger partial charge in [0.25, 0.3) is 0 Å². The molecule has 1 atom stereocenters. The summed E-state index contributed by atoms with van der Waals surface area (Å²) in [5.41, 5.74) is 1.22. The quantitative estimate of drug-likeness (QED) is 0.432. The van der Waals surface area contributed by atoms with E-state index in [9.17, 15) is 0 Å². The van der Waals surface area contributed by atoms with Crippen LogP contribution < -0.4 is 0 Å². The van der Waals surface area contributed by atoms with Crippen LogP contribution in [-0.2, 0) is 15.7 Å². The van der Waals surface area contributed by atoms with E-state index in [1.165, 1.54) is 24.8 Å². The molecule has 0 heterocycles. The Morgan fingerprint density at radius 1 is 0.944 bits per heavy atom. The van der Waals surface area contributed by atoms with Crippen LogP contribution in [0.3, 0.4) is 0 Å². The van der Waals surface area contributed by atoms with Crippen molar-refractivity contribution in [3.63, 3.8) is 0 Å². The van der Waals surface area contributed by atoms with Gasteiger partial charge in [0.15, 0.2) is 8.38 Å². The SMILES string of the molecule is CCCCOP(CCCC)OCc1ccccc1. The third-order valence-corrected chi connectivity index (χ3v) is 4.21. The van der Waals surface area contributed by atoms with Gasteiger partial charge in [-0.15, -0.1) is 0 Å². The Bertz CT molecular complexity index is 290. The highest BCUT2D eigenvalue weighted by Crippen LogP contribution is 2.40. The predicted octanol–water partition coefficient (Wildman–Crippen LogP) is 5.13. The van der Waals surface area contributed by atoms with E-state index < -0.39 is 8.38 Å². The molecule has 0 bridgehead atoms. The molecule has 102 valence electrons. The van der Waals surface area contributed by atoms with Crippen molar-refractivity contribution in [2.24, 2.45) is 0 Å². The van der Waals surface area contributed by atoms with Gasteiger partial charge >= 0.3 is 0 Å². The normalized spacial score (nSPS) is 12.6. The molecule has 0 radical (unpaired) electrons. The number of hydrogen-bond acceptors (Lipinski definition) is 2. The number of hydrogen-bond donors (Lipinski definition) is 0. The van der Waals surface area contributed by atoms with Crippen LogP contribution in [0.2, 0.25) is 0 Å². The van der Waals surface area contributed by atoms with Crippen LogP contribution in [0, 0.1) is 0 Å². The first-order valence-corrected chi connectivity index (χ1v) is 8.30. The minimum atomic E-state index is -0.702. The average molecular weight is 268 g/mol. The summed E-state index contributed by atoms with van der Waals surface area (Å²) in [7, 11) is -0.702. The van der Waals surface area contributed by atoms with E-state index in [0.717, 1.165) is 19.2 Å². The van der Waals surface area contributed by atoms with Crippen molar-refractivity contribution in [2.75, 3.05) is 12.8 Å². The second-order valence-electron chi connectivity index (χ2n) is 4.36. The van der Waals surface area contributed by atoms with Gasteiger partial charge in [-0.05, 0) is 18.4 Å². The van der Waals surface area contributed by atoms with E-state index in [2.05, 4.69) is 26.0 Å². The smallest absolute Gasteiger partial charge is 0.170 e. The second-order valence-corrected chi connectivity index (χ2v) is 5.98. The maximum Gasteiger partial charge on any atom is 0.170 e. The molecule has 1 aromatic carbocycles. The molecular formula is C15H25O2P. The summed E-state index contributed by atoms with van der Waals surface area (Å²) >= 11 is 0. The van der Waals surface area contributed by atoms with Crippen LogP contribution in [0.5, 0.6) is 0 Å². The molecule has 0 saturated carbocycles. The summed E-state index contributed by atoms with van der Waals surface area (Å²) in [4.78, 5) is 0. The minimum absolute atomic E-state index is 0.669. The Labute approximate surface area is 113 Å². The molecule has 0 saturated heterocycles. The zero-order valence-corrected chi connectivity index (χ0v) is 12.5. The van der Waals surface area contributed by atoms with Crippen LogP contribution >= 0.6 is 8.38 Å². The molecule has 0 aromatic heterocycles. The third kappa shape index (κ3) is 7.10. The average Bonchev–Trinajstić information content (AvgIpc) is 2.42. The van der Waals surface area contributed by atoms with Gasteiger partial charge in [-0.3, -0.25) is 0 Å². The number of rotatable bonds is 10. The van der Waals surface area contributed by atoms with E-state index in [0.29, 0.717) is 6.61 Å². The predicted molar refractivity (Wildman–Crippen MR) is 78.8 cm³/mol. The van der Waals surface area contributed by atoms with Gasteiger partial charge in [-0.2, -0.15) is 0 Å². The van der Waals surface area contributed by atoms with Gasteiger partial charge in [-0.1, -0.05) is 57.0 Å². The molecule has 18 heavy (non-hydrogen) atoms. The summed E-state index contributed by atoms with van der Waals surface area (Å²) in [6, 6.07) is 10.3. The van der Waals surface area contributed by atoms with Crippen LogP contribution in [0.25, 0.3) is 0 Å². The van der Waals surface area contributed by atoms with Crippen molar-refractivity contribution in [2.45, 2.75) is 46.1 Å². The molecule has 0 N–H and O–H groups in total. The Morgan fingerprint density at radius 3 is 2.33 bits per heavy atom. The molecule has 0 aliphatic rings. The Hall–Kier alpha value is -0.430. The van der Waals surface area contributed by atoms with Gasteiger partial charge in [0.1, 0.15) is 0 Å². The molecule has 1 aromatic rings. The van der Waals surface area contributed by atoms with Crippen molar-refractivity contribution in [3.05, 3.63) is 35.9 Å². The first-order valence-electron chi connectivity index (χ1n) is 6.94. The fourth-order valence-corrected chi connectivity index (χ4v) is 3.02. The van der Waals surface area contributed by atoms with E-state index in [1.54, 1.807) is 0 Å². The van der Waals surface area contributed by atoms with Crippen molar-refractivity contribution < 1.29 is 9.05 Å². The van der Waals surface area contributed by atoms with Crippen LogP contribution in [0.15, 0.2) is 30.3 Å². The standard InChI is InChI=1S/C15H25O2P/c1-3-5-12-16-18(13-6-4-2)17-14-15-10-8-7-9-11-15/h7-11H,3-6,12-14H2,1-2H3. The molecule has 0 aliphatic carbocycles. The minimum Gasteiger partial charge on any atom is -0.334 e. The lowest BCUT2D eigenvalue weighted by Gasteiger charge is -2.17. The largest absolute Gasteiger partial charge is 0.334 e. The van der Waals surface area contributed by atoms with Crippen molar-refractivity contribution in [3.8, 4) is 0 Å². The van der Waals surface area contributed by atoms with E-state index in [1.807, 2.05) is 18.2 Å². The van der Waals surface area contributed by atoms with Gasteiger partial charge in [0, 0.05) is 6.16 Å². The first-order chi connectivity index (χ1) is 8.86. The maximum absolute atomic E-state index is 5.92. The first kappa shape index (κ1) is 15.6. The highest BCUT2D eigenvalue weighted by Gasteiger charge is 2.09. The highest BCUT2D eigenvalue weighted by atomic mass is 31.2. The maximum atomic E-state index is 5.92. The zero-order valence-electron chi connectivity index (χ0n) is 11.6. The lowest BCUT2D eigenvalue weighted by Crippen LogP contribution is -1.98. The van der Waals surface area contributed by atoms with Gasteiger partial charge in [0.2, 0.25) is 0 Å².